The Balaban J connectivity index is 0.848. The normalized spacial score (nSPS) is 23.6. The molecule has 2 saturated heterocycles. The summed E-state index contributed by atoms with van der Waals surface area (Å²) in [7, 11) is 0. The Morgan fingerprint density at radius 2 is 1.18 bits per heavy atom. The third kappa shape index (κ3) is 11.2. The molecule has 79 heavy (non-hydrogen) atoms. The molecule has 6 aliphatic carbocycles. The number of nitrogens with one attached hydrogen (secondary N) is 4. The van der Waals surface area contributed by atoms with Crippen LogP contribution in [0.3, 0.4) is 0 Å². The third-order valence-electron chi connectivity index (χ3n) is 18.1. The molecule has 2 saturated carbocycles. The summed E-state index contributed by atoms with van der Waals surface area (Å²) in [5, 5.41) is 5.68. The molecular weight excluding hydrogens is 1110 g/mol. The first-order valence-electron chi connectivity index (χ1n) is 29.1. The monoisotopic (exact) mass is 1190 g/mol. The summed E-state index contributed by atoms with van der Waals surface area (Å²) in [5.41, 5.74) is 13.3. The SMILES string of the molecule is CC(C)[C@H](NC(=O)OCCF)C(=O)N1[C@H](c2nc3ccc(-c4cc5ccc4CCc4ccc(c(-c6ccc7nc([C@@H]8C[C@@H]9CCCC[C@@H]9N8C(=O)[C@@H](NC(=O)OCCI)C(C)C)[nH]c7c6)c4)C[C@H]5C)cc3[nH]2)C[C@@H]2CCCC[C@@H]21. The number of alkyl halides is 2. The number of likely N-dealkylation sites (tertiary alicyclic amines) is 2. The lowest BCUT2D eigenvalue weighted by atomic mass is 9.84. The van der Waals surface area contributed by atoms with E-state index < -0.39 is 30.9 Å². The number of carbonyl (C=O) groups excluding carboxylic acids is 4. The van der Waals surface area contributed by atoms with Gasteiger partial charge in [0.2, 0.25) is 11.8 Å². The van der Waals surface area contributed by atoms with Gasteiger partial charge in [-0.25, -0.2) is 23.9 Å². The van der Waals surface area contributed by atoms with Crippen molar-refractivity contribution in [2.45, 2.75) is 160 Å². The lowest BCUT2D eigenvalue weighted by molar-refractivity contribution is -0.139. The molecule has 2 aliphatic heterocycles. The maximum absolute atomic E-state index is 14.7. The molecule has 14 rings (SSSR count). The van der Waals surface area contributed by atoms with Crippen molar-refractivity contribution in [1.29, 1.82) is 0 Å². The van der Waals surface area contributed by atoms with E-state index in [0.29, 0.717) is 22.9 Å². The molecule has 4 amide bonds. The number of alkyl carbamates (subject to hydrolysis) is 2. The number of halogens is 2. The fourth-order valence-corrected chi connectivity index (χ4v) is 14.3. The van der Waals surface area contributed by atoms with Crippen molar-refractivity contribution in [2.24, 2.45) is 23.7 Å². The minimum absolute atomic E-state index is 0.0509. The predicted molar refractivity (Wildman–Crippen MR) is 314 cm³/mol. The van der Waals surface area contributed by atoms with Gasteiger partial charge in [-0.2, -0.15) is 0 Å². The number of amides is 4. The molecule has 4 aromatic carbocycles. The van der Waals surface area contributed by atoms with Crippen molar-refractivity contribution in [1.82, 2.24) is 40.4 Å². The van der Waals surface area contributed by atoms with Gasteiger partial charge in [0.05, 0.1) is 34.2 Å². The molecule has 14 nitrogen and oxygen atoms in total. The molecule has 8 aliphatic rings. The van der Waals surface area contributed by atoms with Gasteiger partial charge in [0.15, 0.2) is 0 Å². The highest BCUT2D eigenvalue weighted by molar-refractivity contribution is 14.1. The zero-order chi connectivity index (χ0) is 55.1. The van der Waals surface area contributed by atoms with Crippen LogP contribution in [-0.2, 0) is 38.3 Å². The molecule has 4 fully saturated rings. The summed E-state index contributed by atoms with van der Waals surface area (Å²) in [6, 6.07) is 25.1. The molecule has 0 unspecified atom stereocenters. The number of fused-ring (bicyclic) bond motifs is 4. The van der Waals surface area contributed by atoms with Crippen molar-refractivity contribution in [3.05, 3.63) is 107 Å². The molecule has 4 bridgehead atoms. The van der Waals surface area contributed by atoms with Gasteiger partial charge in [-0.15, -0.1) is 0 Å². The summed E-state index contributed by atoms with van der Waals surface area (Å²) < 4.78 is 23.9. The van der Waals surface area contributed by atoms with Crippen molar-refractivity contribution in [3.63, 3.8) is 0 Å². The highest BCUT2D eigenvalue weighted by Crippen LogP contribution is 2.49. The van der Waals surface area contributed by atoms with E-state index in [0.717, 1.165) is 128 Å². The smallest absolute Gasteiger partial charge is 0.407 e. The minimum atomic E-state index is -0.818. The Morgan fingerprint density at radius 1 is 0.658 bits per heavy atom. The fraction of sp³-hybridized carbons (Fsp3) is 0.524. The lowest BCUT2D eigenvalue weighted by Gasteiger charge is -2.36. The Labute approximate surface area is 476 Å². The second kappa shape index (κ2) is 23.6. The van der Waals surface area contributed by atoms with Crippen LogP contribution in [-0.4, -0.2) is 102 Å². The number of ether oxygens (including phenoxy) is 2. The van der Waals surface area contributed by atoms with Gasteiger partial charge in [-0.3, -0.25) is 9.59 Å². The minimum Gasteiger partial charge on any atom is -0.449 e. The van der Waals surface area contributed by atoms with Crippen LogP contribution in [0.2, 0.25) is 0 Å². The molecule has 16 heteroatoms. The summed E-state index contributed by atoms with van der Waals surface area (Å²) in [4.78, 5) is 76.6. The van der Waals surface area contributed by atoms with Crippen LogP contribution in [0, 0.1) is 23.7 Å². The number of rotatable bonds is 14. The average Bonchev–Trinajstić information content (AvgIpc) is 4.45. The van der Waals surface area contributed by atoms with Crippen LogP contribution < -0.4 is 10.6 Å². The third-order valence-corrected chi connectivity index (χ3v) is 18.5. The molecule has 9 atom stereocenters. The Morgan fingerprint density at radius 3 is 1.71 bits per heavy atom. The van der Waals surface area contributed by atoms with Gasteiger partial charge in [-0.05, 0) is 156 Å². The van der Waals surface area contributed by atoms with Gasteiger partial charge >= 0.3 is 12.2 Å². The first-order valence-corrected chi connectivity index (χ1v) is 30.7. The second-order valence-corrected chi connectivity index (χ2v) is 24.9. The number of hydrogen-bond donors (Lipinski definition) is 4. The standard InChI is InChI=1S/C63H76FIN8O6/c1-35(2)56(70-62(76)78-26-24-64)60(74)72-52-12-8-6-10-44(52)34-55(72)59-67-49-23-21-43(32-51(49)69-59)47-30-40-19-18-39(47)16-14-38-15-17-41(28-37(40)5)46(29-38)42-20-22-48-50(31-42)68-58(66-48)54-33-45-11-7-9-13-53(45)73(54)61(75)57(36(3)4)71-63(77)79-27-25-65/h15,17-23,29-32,35-37,44-45,52-57H,6-14,16,24-28,33-34H2,1-5H3,(H,66,68)(H,67,69)(H,70,76)(H,71,77)/t37-,44+,45+,52+,53+,54+,55+,56+,57+/m1/s1. The van der Waals surface area contributed by atoms with Gasteiger partial charge < -0.3 is 39.9 Å². The Hall–Kier alpha value is -6.04. The summed E-state index contributed by atoms with van der Waals surface area (Å²) in [6.45, 7) is 9.23. The molecule has 6 aromatic rings. The zero-order valence-corrected chi connectivity index (χ0v) is 48.5. The topological polar surface area (TPSA) is 175 Å². The van der Waals surface area contributed by atoms with E-state index in [2.05, 4.69) is 128 Å². The first kappa shape index (κ1) is 54.9. The molecular formula is C63H76FIN8O6. The summed E-state index contributed by atoms with van der Waals surface area (Å²) >= 11 is 2.17. The van der Waals surface area contributed by atoms with Crippen molar-refractivity contribution < 1.29 is 33.0 Å². The van der Waals surface area contributed by atoms with E-state index >= 15 is 0 Å². The molecule has 0 radical (unpaired) electrons. The number of hydrogen-bond acceptors (Lipinski definition) is 8. The maximum atomic E-state index is 14.7. The highest BCUT2D eigenvalue weighted by atomic mass is 127. The summed E-state index contributed by atoms with van der Waals surface area (Å²) in [5.74, 6) is 1.95. The van der Waals surface area contributed by atoms with Gasteiger partial charge in [-0.1, -0.05) is 131 Å². The van der Waals surface area contributed by atoms with Crippen LogP contribution >= 0.6 is 22.6 Å². The van der Waals surface area contributed by atoms with Crippen molar-refractivity contribution >= 4 is 68.7 Å². The largest absolute Gasteiger partial charge is 0.449 e. The first-order chi connectivity index (χ1) is 38.3. The van der Waals surface area contributed by atoms with E-state index in [4.69, 9.17) is 19.4 Å². The van der Waals surface area contributed by atoms with Crippen molar-refractivity contribution in [2.75, 3.05) is 24.3 Å². The van der Waals surface area contributed by atoms with Crippen LogP contribution in [0.5, 0.6) is 0 Å². The number of imidazole rings is 2. The Bertz CT molecular complexity index is 3230. The molecule has 2 aromatic heterocycles. The number of nitrogens with zero attached hydrogens (tertiary/aromatic N) is 4. The number of benzene rings is 4. The number of aromatic amines is 2. The van der Waals surface area contributed by atoms with Crippen LogP contribution in [0.15, 0.2) is 72.8 Å². The molecule has 0 spiro atoms. The van der Waals surface area contributed by atoms with Crippen LogP contribution in [0.25, 0.3) is 44.3 Å². The van der Waals surface area contributed by atoms with E-state index in [1.807, 2.05) is 32.6 Å². The van der Waals surface area contributed by atoms with E-state index in [1.165, 1.54) is 33.4 Å². The Kier molecular flexibility index (Phi) is 16.4. The predicted octanol–water partition coefficient (Wildman–Crippen LogP) is 12.8. The van der Waals surface area contributed by atoms with Crippen molar-refractivity contribution in [3.8, 4) is 22.3 Å². The second-order valence-electron chi connectivity index (χ2n) is 23.8. The van der Waals surface area contributed by atoms with Crippen LogP contribution in [0.4, 0.5) is 14.0 Å². The lowest BCUT2D eigenvalue weighted by Crippen LogP contribution is -2.54. The number of carbonyl (C=O) groups is 4. The quantitative estimate of drug-likeness (QED) is 0.0616. The maximum Gasteiger partial charge on any atom is 0.407 e. The average molecular weight is 1190 g/mol. The van der Waals surface area contributed by atoms with E-state index in [9.17, 15) is 23.6 Å². The zero-order valence-electron chi connectivity index (χ0n) is 46.3. The van der Waals surface area contributed by atoms with Gasteiger partial charge in [0.25, 0.3) is 0 Å². The molecule has 4 heterocycles. The fourth-order valence-electron chi connectivity index (χ4n) is 14.0. The summed E-state index contributed by atoms with van der Waals surface area (Å²) in [6.07, 6.45) is 11.2. The molecule has 4 N–H and O–H groups in total. The molecule has 418 valence electrons. The number of aryl methyl sites for hydroxylation is 2. The van der Waals surface area contributed by atoms with E-state index in [-0.39, 0.29) is 60.3 Å². The van der Waals surface area contributed by atoms with Gasteiger partial charge in [0.1, 0.15) is 43.6 Å². The number of H-pyrrole nitrogens is 2. The van der Waals surface area contributed by atoms with E-state index in [1.54, 1.807) is 0 Å². The van der Waals surface area contributed by atoms with Gasteiger partial charge in [0, 0.05) is 16.5 Å². The van der Waals surface area contributed by atoms with Crippen LogP contribution in [0.1, 0.15) is 151 Å². The highest BCUT2D eigenvalue weighted by Gasteiger charge is 2.50. The number of aromatic nitrogens is 4.